The zero-order valence-electron chi connectivity index (χ0n) is 4.71. The number of hydrogen-bond acceptors (Lipinski definition) is 3. The van der Waals surface area contributed by atoms with Crippen molar-refractivity contribution >= 4 is 28.9 Å². The van der Waals surface area contributed by atoms with Gasteiger partial charge in [-0.2, -0.15) is 0 Å². The molecule has 0 saturated heterocycles. The number of nitrogens with zero attached hydrogens (tertiary/aromatic N) is 2. The molecule has 1 aromatic rings. The van der Waals surface area contributed by atoms with Gasteiger partial charge in [0.15, 0.2) is 0 Å². The van der Waals surface area contributed by atoms with Crippen LogP contribution in [-0.2, 0) is 0 Å². The van der Waals surface area contributed by atoms with Crippen LogP contribution in [0, 0.1) is 4.91 Å². The van der Waals surface area contributed by atoms with Crippen LogP contribution in [0.3, 0.4) is 0 Å². The maximum Gasteiger partial charge on any atom is 0.146 e. The van der Waals surface area contributed by atoms with E-state index in [1.807, 2.05) is 0 Å². The Morgan fingerprint density at radius 2 is 2.10 bits per heavy atom. The highest BCUT2D eigenvalue weighted by Crippen LogP contribution is 2.29. The third kappa shape index (κ3) is 1.25. The lowest BCUT2D eigenvalue weighted by atomic mass is 10.4. The van der Waals surface area contributed by atoms with Gasteiger partial charge >= 0.3 is 0 Å². The van der Waals surface area contributed by atoms with Crippen molar-refractivity contribution in [1.82, 2.24) is 4.98 Å². The predicted molar refractivity (Wildman–Crippen MR) is 39.7 cm³/mol. The van der Waals surface area contributed by atoms with Gasteiger partial charge in [0.05, 0.1) is 16.2 Å². The molecule has 10 heavy (non-hydrogen) atoms. The van der Waals surface area contributed by atoms with Gasteiger partial charge in [-0.1, -0.05) is 23.2 Å². The molecular weight excluding hydrogens is 175 g/mol. The van der Waals surface area contributed by atoms with Crippen LogP contribution >= 0.6 is 23.2 Å². The summed E-state index contributed by atoms with van der Waals surface area (Å²) in [6, 6.07) is 0. The summed E-state index contributed by atoms with van der Waals surface area (Å²) in [5.41, 5.74) is 0.0640. The molecule has 1 rings (SSSR count). The molecule has 1 heterocycles. The second-order valence-corrected chi connectivity index (χ2v) is 2.33. The summed E-state index contributed by atoms with van der Waals surface area (Å²) >= 11 is 11.0. The first-order valence-corrected chi connectivity index (χ1v) is 3.13. The molecule has 0 aliphatic carbocycles. The van der Waals surface area contributed by atoms with Crippen molar-refractivity contribution in [2.45, 2.75) is 0 Å². The maximum absolute atomic E-state index is 9.95. The van der Waals surface area contributed by atoms with E-state index in [-0.39, 0.29) is 15.7 Å². The summed E-state index contributed by atoms with van der Waals surface area (Å²) in [4.78, 5) is 13.6. The van der Waals surface area contributed by atoms with E-state index in [4.69, 9.17) is 23.2 Å². The Morgan fingerprint density at radius 1 is 1.40 bits per heavy atom. The van der Waals surface area contributed by atoms with Gasteiger partial charge in [0, 0.05) is 6.20 Å². The fraction of sp³-hybridized carbons (Fsp3) is 0. The molecule has 0 aliphatic rings. The second kappa shape index (κ2) is 2.94. The van der Waals surface area contributed by atoms with E-state index in [1.54, 1.807) is 0 Å². The minimum absolute atomic E-state index is 0.0640. The van der Waals surface area contributed by atoms with Crippen LogP contribution in [0.4, 0.5) is 5.69 Å². The minimum Gasteiger partial charge on any atom is -0.261 e. The third-order valence-corrected chi connectivity index (χ3v) is 1.70. The molecule has 3 nitrogen and oxygen atoms in total. The standard InChI is InChI=1S/C5H2Cl2N2O/c6-3-1-8-2-4(9-10)5(3)7/h1-2H. The van der Waals surface area contributed by atoms with Crippen LogP contribution in [0.5, 0.6) is 0 Å². The van der Waals surface area contributed by atoms with Crippen LogP contribution in [-0.4, -0.2) is 4.98 Å². The van der Waals surface area contributed by atoms with Crippen LogP contribution in [0.2, 0.25) is 10.0 Å². The number of aromatic nitrogens is 1. The minimum atomic E-state index is 0.0640. The lowest BCUT2D eigenvalue weighted by Crippen LogP contribution is -1.73. The highest BCUT2D eigenvalue weighted by atomic mass is 35.5. The van der Waals surface area contributed by atoms with Crippen LogP contribution < -0.4 is 0 Å². The topological polar surface area (TPSA) is 42.3 Å². The largest absolute Gasteiger partial charge is 0.261 e. The molecule has 0 aromatic carbocycles. The van der Waals surface area contributed by atoms with Crippen molar-refractivity contribution in [2.75, 3.05) is 0 Å². The molecule has 0 bridgehead atoms. The van der Waals surface area contributed by atoms with Gasteiger partial charge in [-0.25, -0.2) is 0 Å². The van der Waals surface area contributed by atoms with E-state index < -0.39 is 0 Å². The average molecular weight is 177 g/mol. The Kier molecular flexibility index (Phi) is 2.19. The molecule has 5 heteroatoms. The fourth-order valence-corrected chi connectivity index (χ4v) is 0.758. The smallest absolute Gasteiger partial charge is 0.146 e. The van der Waals surface area contributed by atoms with E-state index in [0.717, 1.165) is 0 Å². The summed E-state index contributed by atoms with van der Waals surface area (Å²) in [7, 11) is 0. The summed E-state index contributed by atoms with van der Waals surface area (Å²) in [6.07, 6.45) is 2.60. The van der Waals surface area contributed by atoms with Gasteiger partial charge in [0.1, 0.15) is 5.69 Å². The number of nitroso groups, excluding NO2 is 1. The van der Waals surface area contributed by atoms with Gasteiger partial charge < -0.3 is 0 Å². The van der Waals surface area contributed by atoms with Crippen molar-refractivity contribution in [3.05, 3.63) is 27.3 Å². The van der Waals surface area contributed by atoms with Crippen molar-refractivity contribution in [3.8, 4) is 0 Å². The highest BCUT2D eigenvalue weighted by Gasteiger charge is 2.03. The SMILES string of the molecule is O=Nc1cncc(Cl)c1Cl. The Labute approximate surface area is 67.0 Å². The van der Waals surface area contributed by atoms with Gasteiger partial charge in [-0.3, -0.25) is 4.98 Å². The first-order valence-electron chi connectivity index (χ1n) is 2.38. The molecule has 0 N–H and O–H groups in total. The number of hydrogen-bond donors (Lipinski definition) is 0. The molecule has 0 fully saturated rings. The Bertz CT molecular complexity index is 264. The Morgan fingerprint density at radius 3 is 2.60 bits per heavy atom. The molecule has 0 aliphatic heterocycles. The molecule has 0 atom stereocenters. The molecule has 1 aromatic heterocycles. The predicted octanol–water partition coefficient (Wildman–Crippen LogP) is 2.79. The molecule has 0 amide bonds. The van der Waals surface area contributed by atoms with Gasteiger partial charge in [0.2, 0.25) is 0 Å². The normalized spacial score (nSPS) is 9.40. The highest BCUT2D eigenvalue weighted by molar-refractivity contribution is 6.43. The van der Waals surface area contributed by atoms with Crippen molar-refractivity contribution in [2.24, 2.45) is 5.18 Å². The molecule has 0 radical (unpaired) electrons. The monoisotopic (exact) mass is 176 g/mol. The molecular formula is C5H2Cl2N2O. The number of pyridine rings is 1. The van der Waals surface area contributed by atoms with Gasteiger partial charge in [0.25, 0.3) is 0 Å². The van der Waals surface area contributed by atoms with Gasteiger partial charge in [-0.15, -0.1) is 4.91 Å². The fourth-order valence-electron chi connectivity index (χ4n) is 0.473. The number of rotatable bonds is 1. The summed E-state index contributed by atoms with van der Waals surface area (Å²) in [5.74, 6) is 0. The summed E-state index contributed by atoms with van der Waals surface area (Å²) < 4.78 is 0. The van der Waals surface area contributed by atoms with Crippen molar-refractivity contribution < 1.29 is 0 Å². The quantitative estimate of drug-likeness (QED) is 0.618. The molecule has 52 valence electrons. The zero-order valence-corrected chi connectivity index (χ0v) is 6.23. The second-order valence-electron chi connectivity index (χ2n) is 1.55. The lowest BCUT2D eigenvalue weighted by Gasteiger charge is -1.93. The van der Waals surface area contributed by atoms with E-state index >= 15 is 0 Å². The van der Waals surface area contributed by atoms with E-state index in [1.165, 1.54) is 12.4 Å². The summed E-state index contributed by atoms with van der Waals surface area (Å²) in [5, 5.41) is 2.98. The van der Waals surface area contributed by atoms with Gasteiger partial charge in [-0.05, 0) is 5.18 Å². The molecule has 0 unspecified atom stereocenters. The van der Waals surface area contributed by atoms with Crippen LogP contribution in [0.15, 0.2) is 17.6 Å². The molecule has 0 spiro atoms. The average Bonchev–Trinajstić information content (AvgIpc) is 1.95. The number of halogens is 2. The van der Waals surface area contributed by atoms with Crippen molar-refractivity contribution in [3.63, 3.8) is 0 Å². The lowest BCUT2D eigenvalue weighted by molar-refractivity contribution is 1.30. The zero-order chi connectivity index (χ0) is 7.56. The Balaban J connectivity index is 3.27. The van der Waals surface area contributed by atoms with E-state index in [9.17, 15) is 4.91 Å². The first-order chi connectivity index (χ1) is 4.75. The van der Waals surface area contributed by atoms with E-state index in [2.05, 4.69) is 10.2 Å². The van der Waals surface area contributed by atoms with E-state index in [0.29, 0.717) is 0 Å². The van der Waals surface area contributed by atoms with Crippen LogP contribution in [0.1, 0.15) is 0 Å². The summed E-state index contributed by atoms with van der Waals surface area (Å²) in [6.45, 7) is 0. The first kappa shape index (κ1) is 7.44. The maximum atomic E-state index is 9.95. The van der Waals surface area contributed by atoms with Crippen molar-refractivity contribution in [1.29, 1.82) is 0 Å². The molecule has 0 saturated carbocycles. The third-order valence-electron chi connectivity index (χ3n) is 0.918. The van der Waals surface area contributed by atoms with Crippen LogP contribution in [0.25, 0.3) is 0 Å². The Hall–Kier alpha value is -0.670.